The number of aromatic nitrogens is 2. The minimum absolute atomic E-state index is 0.175. The second-order valence-corrected chi connectivity index (χ2v) is 13.0. The van der Waals surface area contributed by atoms with E-state index in [-0.39, 0.29) is 11.4 Å². The van der Waals surface area contributed by atoms with E-state index in [1.165, 1.54) is 11.1 Å². The van der Waals surface area contributed by atoms with Gasteiger partial charge in [-0.15, -0.1) is 0 Å². The number of nitrogens with zero attached hydrogens (tertiary/aromatic N) is 3. The Kier molecular flexibility index (Phi) is 7.51. The number of aryl methyl sites for hydroxylation is 1. The van der Waals surface area contributed by atoms with Gasteiger partial charge in [-0.1, -0.05) is 93.1 Å². The molecule has 2 amide bonds. The molecule has 0 saturated carbocycles. The first-order chi connectivity index (χ1) is 21.7. The van der Waals surface area contributed by atoms with Crippen LogP contribution >= 0.6 is 0 Å². The quantitative estimate of drug-likeness (QED) is 0.214. The van der Waals surface area contributed by atoms with Crippen molar-refractivity contribution in [1.29, 1.82) is 0 Å². The third-order valence-corrected chi connectivity index (χ3v) is 8.78. The number of hydrogen-bond acceptors (Lipinski definition) is 4. The molecule has 1 aromatic heterocycles. The molecule has 7 heteroatoms. The second kappa shape index (κ2) is 11.7. The molecule has 1 fully saturated rings. The van der Waals surface area contributed by atoms with E-state index >= 15 is 0 Å². The van der Waals surface area contributed by atoms with Gasteiger partial charge in [-0.05, 0) is 58.8 Å². The summed E-state index contributed by atoms with van der Waals surface area (Å²) >= 11 is 0. The van der Waals surface area contributed by atoms with E-state index in [4.69, 9.17) is 9.84 Å². The number of nitrogens with one attached hydrogen (secondary N) is 2. The first-order valence-electron chi connectivity index (χ1n) is 15.7. The van der Waals surface area contributed by atoms with Crippen LogP contribution in [-0.4, -0.2) is 47.0 Å². The molecule has 2 heterocycles. The van der Waals surface area contributed by atoms with Gasteiger partial charge in [-0.2, -0.15) is 5.10 Å². The molecule has 2 aliphatic rings. The number of urea groups is 1. The number of anilines is 2. The van der Waals surface area contributed by atoms with Crippen molar-refractivity contribution in [1.82, 2.24) is 14.7 Å². The molecule has 2 N–H and O–H groups in total. The number of morpholine rings is 1. The zero-order valence-electron chi connectivity index (χ0n) is 26.3. The van der Waals surface area contributed by atoms with Gasteiger partial charge in [0, 0.05) is 30.0 Å². The monoisotopic (exact) mass is 597 g/mol. The van der Waals surface area contributed by atoms with Crippen LogP contribution in [0.15, 0.2) is 91.0 Å². The molecule has 7 rings (SSSR count). The maximum Gasteiger partial charge on any atom is 0.324 e. The molecule has 4 aromatic carbocycles. The highest BCUT2D eigenvalue weighted by molar-refractivity contribution is 6.09. The standard InChI is InChI=1S/C38H39N5O2/c1-25-9-13-28(14-10-25)43-36(24-35(41-43)38(2,3)4)40-37(44)39-33-17-16-29(31-7-5-6-8-32(31)33)26-11-15-30-27(23-26)12-18-34(30)42-19-21-45-22-20-42/h5-18,23-24,34H,19-22H2,1-4H3,(H2,39,40,44). The molecule has 5 aromatic rings. The molecular weight excluding hydrogens is 558 g/mol. The van der Waals surface area contributed by atoms with Crippen molar-refractivity contribution >= 4 is 34.4 Å². The van der Waals surface area contributed by atoms with E-state index in [9.17, 15) is 4.79 Å². The largest absolute Gasteiger partial charge is 0.379 e. The average molecular weight is 598 g/mol. The highest BCUT2D eigenvalue weighted by Crippen LogP contribution is 2.39. The van der Waals surface area contributed by atoms with Crippen LogP contribution < -0.4 is 10.6 Å². The van der Waals surface area contributed by atoms with Crippen LogP contribution in [0.25, 0.3) is 33.7 Å². The van der Waals surface area contributed by atoms with Crippen LogP contribution in [-0.2, 0) is 10.2 Å². The van der Waals surface area contributed by atoms with E-state index in [0.717, 1.165) is 70.8 Å². The minimum Gasteiger partial charge on any atom is -0.379 e. The number of carbonyl (C=O) groups excluding carboxylic acids is 1. The van der Waals surface area contributed by atoms with E-state index < -0.39 is 0 Å². The average Bonchev–Trinajstić information content (AvgIpc) is 3.66. The van der Waals surface area contributed by atoms with Gasteiger partial charge in [0.2, 0.25) is 0 Å². The van der Waals surface area contributed by atoms with Crippen LogP contribution in [0.3, 0.4) is 0 Å². The Morgan fingerprint density at radius 1 is 0.889 bits per heavy atom. The maximum atomic E-state index is 13.5. The Morgan fingerprint density at radius 3 is 2.40 bits per heavy atom. The molecule has 1 aliphatic heterocycles. The summed E-state index contributed by atoms with van der Waals surface area (Å²) in [4.78, 5) is 16.0. The predicted octanol–water partition coefficient (Wildman–Crippen LogP) is 8.34. The fourth-order valence-electron chi connectivity index (χ4n) is 6.28. The summed E-state index contributed by atoms with van der Waals surface area (Å²) in [7, 11) is 0. The fraction of sp³-hybridized carbons (Fsp3) is 0.263. The van der Waals surface area contributed by atoms with Crippen molar-refractivity contribution < 1.29 is 9.53 Å². The number of rotatable bonds is 5. The van der Waals surface area contributed by atoms with Gasteiger partial charge >= 0.3 is 6.03 Å². The summed E-state index contributed by atoms with van der Waals surface area (Å²) in [5.41, 5.74) is 8.42. The smallest absolute Gasteiger partial charge is 0.324 e. The second-order valence-electron chi connectivity index (χ2n) is 13.0. The number of fused-ring (bicyclic) bond motifs is 2. The van der Waals surface area contributed by atoms with Gasteiger partial charge in [-0.3, -0.25) is 10.2 Å². The summed E-state index contributed by atoms with van der Waals surface area (Å²) in [6.45, 7) is 11.9. The molecule has 7 nitrogen and oxygen atoms in total. The first-order valence-corrected chi connectivity index (χ1v) is 15.7. The van der Waals surface area contributed by atoms with Gasteiger partial charge in [0.05, 0.1) is 36.3 Å². The van der Waals surface area contributed by atoms with Crippen molar-refractivity contribution in [2.75, 3.05) is 36.9 Å². The Balaban J connectivity index is 1.16. The molecule has 1 aliphatic carbocycles. The molecule has 1 unspecified atom stereocenters. The van der Waals surface area contributed by atoms with E-state index in [1.54, 1.807) is 4.68 Å². The number of ether oxygens (including phenoxy) is 1. The van der Waals surface area contributed by atoms with Gasteiger partial charge in [-0.25, -0.2) is 9.48 Å². The third kappa shape index (κ3) is 5.77. The number of amides is 2. The van der Waals surface area contributed by atoms with Crippen LogP contribution in [0, 0.1) is 6.92 Å². The van der Waals surface area contributed by atoms with E-state index in [1.807, 2.05) is 48.5 Å². The lowest BCUT2D eigenvalue weighted by atomic mass is 9.92. The molecule has 0 radical (unpaired) electrons. The van der Waals surface area contributed by atoms with Crippen molar-refractivity contribution in [3.05, 3.63) is 113 Å². The van der Waals surface area contributed by atoms with Crippen LogP contribution in [0.5, 0.6) is 0 Å². The molecule has 1 saturated heterocycles. The van der Waals surface area contributed by atoms with Crippen LogP contribution in [0.4, 0.5) is 16.3 Å². The Hall–Kier alpha value is -4.72. The summed E-state index contributed by atoms with van der Waals surface area (Å²) in [6, 6.07) is 29.2. The van der Waals surface area contributed by atoms with Crippen molar-refractivity contribution in [3.63, 3.8) is 0 Å². The van der Waals surface area contributed by atoms with E-state index in [2.05, 4.69) is 91.8 Å². The number of benzene rings is 4. The molecular formula is C38H39N5O2. The summed E-state index contributed by atoms with van der Waals surface area (Å²) in [6.07, 6.45) is 4.55. The summed E-state index contributed by atoms with van der Waals surface area (Å²) in [5, 5.41) is 13.1. The Bertz CT molecular complexity index is 1910. The summed E-state index contributed by atoms with van der Waals surface area (Å²) < 4.78 is 7.37. The van der Waals surface area contributed by atoms with Gasteiger partial charge < -0.3 is 10.1 Å². The molecule has 1 atom stereocenters. The number of carbonyl (C=O) groups is 1. The van der Waals surface area contributed by atoms with Crippen molar-refractivity contribution in [3.8, 4) is 16.8 Å². The zero-order valence-corrected chi connectivity index (χ0v) is 26.3. The lowest BCUT2D eigenvalue weighted by molar-refractivity contribution is 0.0258. The lowest BCUT2D eigenvalue weighted by Crippen LogP contribution is -2.38. The molecule has 45 heavy (non-hydrogen) atoms. The Labute approximate surface area is 264 Å². The van der Waals surface area contributed by atoms with Crippen LogP contribution in [0.2, 0.25) is 0 Å². The molecule has 0 spiro atoms. The zero-order chi connectivity index (χ0) is 31.1. The summed E-state index contributed by atoms with van der Waals surface area (Å²) in [5.74, 6) is 0.615. The minimum atomic E-state index is -0.321. The first kappa shape index (κ1) is 29.0. The van der Waals surface area contributed by atoms with Gasteiger partial charge in [0.25, 0.3) is 0 Å². The SMILES string of the molecule is Cc1ccc(-n2nc(C(C)(C)C)cc2NC(=O)Nc2ccc(-c3ccc4c(c3)C=CC4N3CCOCC3)c3ccccc23)cc1. The molecule has 228 valence electrons. The molecule has 0 bridgehead atoms. The van der Waals surface area contributed by atoms with E-state index in [0.29, 0.717) is 11.9 Å². The van der Waals surface area contributed by atoms with Crippen molar-refractivity contribution in [2.24, 2.45) is 0 Å². The van der Waals surface area contributed by atoms with Crippen LogP contribution in [0.1, 0.15) is 49.2 Å². The Morgan fingerprint density at radius 2 is 1.64 bits per heavy atom. The highest BCUT2D eigenvalue weighted by Gasteiger charge is 2.26. The highest BCUT2D eigenvalue weighted by atomic mass is 16.5. The maximum absolute atomic E-state index is 13.5. The van der Waals surface area contributed by atoms with Crippen molar-refractivity contribution in [2.45, 2.75) is 39.2 Å². The normalized spacial score (nSPS) is 16.6. The van der Waals surface area contributed by atoms with Gasteiger partial charge in [0.1, 0.15) is 5.82 Å². The lowest BCUT2D eigenvalue weighted by Gasteiger charge is -2.32. The predicted molar refractivity (Wildman–Crippen MR) is 183 cm³/mol. The third-order valence-electron chi connectivity index (χ3n) is 8.78. The number of hydrogen-bond donors (Lipinski definition) is 2. The van der Waals surface area contributed by atoms with Gasteiger partial charge in [0.15, 0.2) is 0 Å². The topological polar surface area (TPSA) is 71.4 Å². The fourth-order valence-corrected chi connectivity index (χ4v) is 6.28.